The molecule has 4 aromatic rings. The normalized spacial score (nSPS) is 9.49. The van der Waals surface area contributed by atoms with E-state index in [9.17, 15) is 0 Å². The van der Waals surface area contributed by atoms with Crippen LogP contribution in [0.15, 0.2) is 121 Å². The Morgan fingerprint density at radius 1 is 0.629 bits per heavy atom. The minimum atomic E-state index is -0.681. The Labute approximate surface area is 228 Å². The van der Waals surface area contributed by atoms with Crippen molar-refractivity contribution in [2.75, 3.05) is 25.4 Å². The first-order valence-corrected chi connectivity index (χ1v) is 16.1. The fourth-order valence-electron chi connectivity index (χ4n) is 3.39. The molecule has 0 N–H and O–H groups in total. The molecule has 0 saturated carbocycles. The molecule has 0 amide bonds. The Balaban J connectivity index is 0.000000328. The predicted molar refractivity (Wildman–Crippen MR) is 159 cm³/mol. The van der Waals surface area contributed by atoms with E-state index in [0.717, 1.165) is 19.3 Å². The van der Waals surface area contributed by atoms with Gasteiger partial charge in [-0.25, -0.2) is 0 Å². The second-order valence-electron chi connectivity index (χ2n) is 7.15. The Hall–Kier alpha value is -1.72. The van der Waals surface area contributed by atoms with Crippen LogP contribution < -0.4 is 10.6 Å². The van der Waals surface area contributed by atoms with E-state index in [2.05, 4.69) is 140 Å². The molecule has 0 aliphatic carbocycles. The van der Waals surface area contributed by atoms with E-state index < -0.39 is 7.92 Å². The maximum atomic E-state index is 7.75. The summed E-state index contributed by atoms with van der Waals surface area (Å²) >= 11 is 1.62. The van der Waals surface area contributed by atoms with Crippen LogP contribution in [0.5, 0.6) is 0 Å². The molecule has 0 aliphatic heterocycles. The average Bonchev–Trinajstić information content (AvgIpc) is 2.97. The minimum Gasteiger partial charge on any atom is -0.0622 e. The first kappa shape index (κ1) is 31.3. The predicted octanol–water partition coefficient (Wildman–Crippen LogP) is 6.60. The third-order valence-electron chi connectivity index (χ3n) is 4.93. The molecule has 35 heavy (non-hydrogen) atoms. The van der Waals surface area contributed by atoms with Gasteiger partial charge in [-0.1, -0.05) is 103 Å². The zero-order chi connectivity index (χ0) is 25.6. The number of benzene rings is 4. The van der Waals surface area contributed by atoms with Crippen LogP contribution in [0.25, 0.3) is 16.4 Å². The van der Waals surface area contributed by atoms with E-state index in [0.29, 0.717) is 0 Å². The van der Waals surface area contributed by atoms with Crippen molar-refractivity contribution in [2.45, 2.75) is 0 Å². The molecule has 0 fully saturated rings. The molecular weight excluding hydrogens is 577 g/mol. The molecule has 0 radical (unpaired) electrons. The molecule has 6 heteroatoms. The van der Waals surface area contributed by atoms with Gasteiger partial charge in [0, 0.05) is 6.16 Å². The van der Waals surface area contributed by atoms with Crippen molar-refractivity contribution >= 4 is 44.3 Å². The molecule has 0 aliphatic rings. The van der Waals surface area contributed by atoms with Crippen LogP contribution in [-0.4, -0.2) is 32.2 Å². The van der Waals surface area contributed by atoms with Crippen LogP contribution >= 0.6 is 26.9 Å². The van der Waals surface area contributed by atoms with Gasteiger partial charge < -0.3 is 10.1 Å². The van der Waals surface area contributed by atoms with Crippen molar-refractivity contribution in [3.05, 3.63) is 127 Å². The van der Waals surface area contributed by atoms with Gasteiger partial charge in [0.2, 0.25) is 0 Å². The van der Waals surface area contributed by atoms with Crippen molar-refractivity contribution in [2.24, 2.45) is 0 Å². The molecule has 4 rings (SSSR count). The van der Waals surface area contributed by atoms with Crippen LogP contribution in [0.1, 0.15) is 0 Å². The Morgan fingerprint density at radius 3 is 1.31 bits per heavy atom. The Kier molecular flexibility index (Phi) is 19.3. The molecule has 0 bridgehead atoms. The van der Waals surface area contributed by atoms with Gasteiger partial charge in [0.1, 0.15) is 0 Å². The van der Waals surface area contributed by atoms with Crippen LogP contribution in [-0.2, 0) is 22.1 Å². The van der Waals surface area contributed by atoms with Gasteiger partial charge in [-0.3, -0.25) is 6.79 Å². The molecule has 0 aromatic heterocycles. The van der Waals surface area contributed by atoms with E-state index in [4.69, 9.17) is 4.79 Å². The van der Waals surface area contributed by atoms with E-state index in [1.54, 1.807) is 17.3 Å². The summed E-state index contributed by atoms with van der Waals surface area (Å²) in [7, 11) is 6.66. The molecule has 0 saturated heterocycles. The second kappa shape index (κ2) is 21.6. The Morgan fingerprint density at radius 2 is 0.971 bits per heavy atom. The first-order chi connectivity index (χ1) is 17.4. The van der Waals surface area contributed by atoms with Crippen LogP contribution in [0.2, 0.25) is 0 Å². The molecule has 0 spiro atoms. The number of carbonyl (C=O) groups excluding carboxylic acids is 1. The van der Waals surface area contributed by atoms with Crippen LogP contribution in [0.4, 0.5) is 0 Å². The molecule has 0 heterocycles. The summed E-state index contributed by atoms with van der Waals surface area (Å²) in [4.78, 5) is 7.75. The summed E-state index contributed by atoms with van der Waals surface area (Å²) in [5, 5.41) is 7.56. The average molecular weight is 610 g/mol. The van der Waals surface area contributed by atoms with E-state index in [1.165, 1.54) is 27.9 Å². The zero-order valence-electron chi connectivity index (χ0n) is 19.6. The summed E-state index contributed by atoms with van der Waals surface area (Å²) in [6.07, 6.45) is 2.25. The number of hydrogen-bond donors (Lipinski definition) is 0. The second-order valence-corrected chi connectivity index (χ2v) is 10.3. The number of rotatable bonds is 8. The van der Waals surface area contributed by atoms with Crippen molar-refractivity contribution in [1.82, 2.24) is 0 Å². The van der Waals surface area contributed by atoms with Gasteiger partial charge in [0.05, 0.1) is 18.5 Å². The summed E-state index contributed by atoms with van der Waals surface area (Å²) in [6.45, 7) is 5.19. The van der Waals surface area contributed by atoms with Crippen LogP contribution in [0, 0.1) is 0 Å². The van der Waals surface area contributed by atoms with Gasteiger partial charge in [-0.15, -0.1) is 22.3 Å². The topological polar surface area (TPSA) is 31.2 Å². The van der Waals surface area contributed by atoms with Gasteiger partial charge in [-0.05, 0) is 35.4 Å². The summed E-state index contributed by atoms with van der Waals surface area (Å²) < 4.78 is 0. The maximum Gasteiger partial charge on any atom is -0.0184 e. The van der Waals surface area contributed by atoms with E-state index in [1.807, 2.05) is 12.1 Å². The summed E-state index contributed by atoms with van der Waals surface area (Å²) in [5.41, 5.74) is 2.55. The third-order valence-corrected chi connectivity index (χ3v) is 7.97. The third kappa shape index (κ3) is 12.7. The molecule has 1 unspecified atom stereocenters. The van der Waals surface area contributed by atoms with Gasteiger partial charge >= 0.3 is 27.0 Å². The van der Waals surface area contributed by atoms with Gasteiger partial charge in [-0.2, -0.15) is 0 Å². The minimum absolute atomic E-state index is 0.681. The van der Waals surface area contributed by atoms with E-state index >= 15 is 0 Å². The fraction of sp³-hybridized carbons (Fsp3) is 0.138. The maximum absolute atomic E-state index is 7.75. The monoisotopic (exact) mass is 610 g/mol. The van der Waals surface area contributed by atoms with Crippen molar-refractivity contribution in [3.63, 3.8) is 0 Å². The van der Waals surface area contributed by atoms with Crippen molar-refractivity contribution in [3.8, 4) is 11.1 Å². The largest absolute Gasteiger partial charge is 0.0622 e. The number of hydrogen-bond acceptors (Lipinski definition) is 1. The summed E-state index contributed by atoms with van der Waals surface area (Å²) in [5.74, 6) is 0. The molecular formula is C29H33ClNOP2Ru+. The van der Waals surface area contributed by atoms with E-state index in [-0.39, 0.29) is 0 Å². The fourth-order valence-corrected chi connectivity index (χ4v) is 6.05. The molecule has 4 aromatic carbocycles. The molecule has 2 nitrogen and oxygen atoms in total. The van der Waals surface area contributed by atoms with Crippen LogP contribution in [0.3, 0.4) is 0 Å². The van der Waals surface area contributed by atoms with Crippen molar-refractivity contribution in [1.29, 1.82) is 0 Å². The molecule has 1 atom stereocenters. The Bertz CT molecular complexity index is 919. The zero-order valence-corrected chi connectivity index (χ0v) is 24.4. The summed E-state index contributed by atoms with van der Waals surface area (Å²) in [6, 6.07) is 42.6. The van der Waals surface area contributed by atoms with Crippen molar-refractivity contribution < 1.29 is 22.1 Å². The quantitative estimate of drug-likeness (QED) is 0.0728. The number of nitrogens with zero attached hydrogens (tertiary/aromatic N) is 1. The SMILES string of the molecule is PCC[N-]CC[PH+](c1ccccc1)c1ccccc1.[CH-]=O.[Cl][RuH+2].c1ccc(-c2ccccc2)cc1. The van der Waals surface area contributed by atoms with Gasteiger partial charge in [0.25, 0.3) is 0 Å². The number of halogens is 1. The van der Waals surface area contributed by atoms with Gasteiger partial charge in [0.15, 0.2) is 0 Å². The standard InChI is InChI=1S/C16H20NP2.C12H10.CHO.ClH.Ru.H/c18-13-11-17-12-14-19(15-7-3-1-4-8-15)16-9-5-2-6-10-16;1-3-7-11(8-4-1)12-9-5-2-6-10-12;1-2;;;/h1-10H,11-14,18H2;1-10H;1H;1H;;/q-1;;-1;;+3;. The first-order valence-electron chi connectivity index (χ1n) is 11.2. The molecule has 184 valence electrons. The smallest absolute Gasteiger partial charge is 0.0184 e.